The lowest BCUT2D eigenvalue weighted by Crippen LogP contribution is -2.49. The smallest absolute Gasteiger partial charge is 0.234 e. The quantitative estimate of drug-likeness (QED) is 0.903. The van der Waals surface area contributed by atoms with Crippen LogP contribution in [0.15, 0.2) is 30.5 Å². The number of hydrogen-bond acceptors (Lipinski definition) is 4. The van der Waals surface area contributed by atoms with Crippen LogP contribution in [0.4, 0.5) is 5.69 Å². The van der Waals surface area contributed by atoms with E-state index < -0.39 is 0 Å². The number of nitrogens with one attached hydrogen (secondary N) is 1. The Morgan fingerprint density at radius 3 is 2.79 bits per heavy atom. The van der Waals surface area contributed by atoms with Gasteiger partial charge in [0, 0.05) is 55.0 Å². The number of carbonyl (C=O) groups excluding carboxylic acids is 1. The molecule has 0 bridgehead atoms. The zero-order chi connectivity index (χ0) is 16.9. The van der Waals surface area contributed by atoms with Crippen molar-refractivity contribution in [2.24, 2.45) is 0 Å². The van der Waals surface area contributed by atoms with Gasteiger partial charge < -0.3 is 10.2 Å². The van der Waals surface area contributed by atoms with Gasteiger partial charge in [-0.05, 0) is 30.7 Å². The molecule has 1 aliphatic heterocycles. The number of carbonyl (C=O) groups is 1. The van der Waals surface area contributed by atoms with Gasteiger partial charge in [-0.1, -0.05) is 18.5 Å². The van der Waals surface area contributed by atoms with Crippen molar-refractivity contribution in [2.45, 2.75) is 13.3 Å². The van der Waals surface area contributed by atoms with Gasteiger partial charge in [0.25, 0.3) is 0 Å². The number of hydrogen-bond donors (Lipinski definition) is 1. The number of fused-ring (bicyclic) bond motifs is 1. The number of anilines is 1. The average Bonchev–Trinajstić information content (AvgIpc) is 2.60. The molecule has 0 spiro atoms. The molecule has 0 saturated carbocycles. The lowest BCUT2D eigenvalue weighted by Gasteiger charge is -2.36. The van der Waals surface area contributed by atoms with Crippen molar-refractivity contribution >= 4 is 34.1 Å². The molecular formula is C18H23ClN4O. The summed E-state index contributed by atoms with van der Waals surface area (Å²) in [5.41, 5.74) is 2.10. The third-order valence-electron chi connectivity index (χ3n) is 4.33. The fraction of sp³-hybridized carbons (Fsp3) is 0.444. The predicted octanol–water partition coefficient (Wildman–Crippen LogP) is 2.54. The van der Waals surface area contributed by atoms with Crippen LogP contribution in [0, 0.1) is 0 Å². The molecule has 1 aliphatic rings. The Balaban J connectivity index is 1.64. The SMILES string of the molecule is CCCNC(=O)CN1CCN(c2ccnc3cc(Cl)ccc23)CC1. The van der Waals surface area contributed by atoms with Crippen LogP contribution in [0.5, 0.6) is 0 Å². The van der Waals surface area contributed by atoms with Gasteiger partial charge in [-0.25, -0.2) is 0 Å². The van der Waals surface area contributed by atoms with Gasteiger partial charge in [-0.2, -0.15) is 0 Å². The molecule has 2 aromatic rings. The molecule has 1 saturated heterocycles. The minimum absolute atomic E-state index is 0.120. The number of piperazine rings is 1. The number of pyridine rings is 1. The predicted molar refractivity (Wildman–Crippen MR) is 98.7 cm³/mol. The van der Waals surface area contributed by atoms with Crippen LogP contribution in [0.3, 0.4) is 0 Å². The minimum atomic E-state index is 0.120. The van der Waals surface area contributed by atoms with E-state index in [9.17, 15) is 4.79 Å². The second kappa shape index (κ2) is 7.81. The lowest BCUT2D eigenvalue weighted by molar-refractivity contribution is -0.122. The topological polar surface area (TPSA) is 48.5 Å². The molecule has 1 aromatic heterocycles. The van der Waals surface area contributed by atoms with Crippen molar-refractivity contribution in [1.29, 1.82) is 0 Å². The molecule has 2 heterocycles. The van der Waals surface area contributed by atoms with Crippen LogP contribution in [0.2, 0.25) is 5.02 Å². The number of halogens is 1. The Morgan fingerprint density at radius 2 is 2.04 bits per heavy atom. The Kier molecular flexibility index (Phi) is 5.53. The number of rotatable bonds is 5. The summed E-state index contributed by atoms with van der Waals surface area (Å²) in [6, 6.07) is 7.89. The normalized spacial score (nSPS) is 15.7. The van der Waals surface area contributed by atoms with E-state index in [0.29, 0.717) is 11.6 Å². The van der Waals surface area contributed by atoms with Crippen molar-refractivity contribution in [3.63, 3.8) is 0 Å². The van der Waals surface area contributed by atoms with Crippen molar-refractivity contribution in [1.82, 2.24) is 15.2 Å². The van der Waals surface area contributed by atoms with Crippen LogP contribution < -0.4 is 10.2 Å². The Morgan fingerprint density at radius 1 is 1.25 bits per heavy atom. The van der Waals surface area contributed by atoms with Crippen molar-refractivity contribution in [3.8, 4) is 0 Å². The van der Waals surface area contributed by atoms with Crippen molar-refractivity contribution in [2.75, 3.05) is 44.2 Å². The first-order valence-electron chi connectivity index (χ1n) is 8.45. The maximum atomic E-state index is 11.8. The molecule has 1 N–H and O–H groups in total. The fourth-order valence-electron chi connectivity index (χ4n) is 3.05. The zero-order valence-corrected chi connectivity index (χ0v) is 14.7. The maximum Gasteiger partial charge on any atom is 0.234 e. The van der Waals surface area contributed by atoms with Gasteiger partial charge in [0.1, 0.15) is 0 Å². The number of aromatic nitrogens is 1. The second-order valence-electron chi connectivity index (χ2n) is 6.10. The molecule has 1 aromatic carbocycles. The number of nitrogens with zero attached hydrogens (tertiary/aromatic N) is 3. The van der Waals surface area contributed by atoms with E-state index in [1.54, 1.807) is 0 Å². The fourth-order valence-corrected chi connectivity index (χ4v) is 3.22. The Labute approximate surface area is 147 Å². The molecule has 1 fully saturated rings. The van der Waals surface area contributed by atoms with Gasteiger partial charge in [-0.3, -0.25) is 14.7 Å². The molecule has 0 unspecified atom stereocenters. The highest BCUT2D eigenvalue weighted by Gasteiger charge is 2.20. The van der Waals surface area contributed by atoms with E-state index in [1.807, 2.05) is 24.4 Å². The first-order chi connectivity index (χ1) is 11.7. The van der Waals surface area contributed by atoms with Crippen LogP contribution in [-0.2, 0) is 4.79 Å². The standard InChI is InChI=1S/C18H23ClN4O/c1-2-6-21-18(24)13-22-8-10-23(11-9-22)17-5-7-20-16-12-14(19)3-4-15(16)17/h3-5,7,12H,2,6,8-11,13H2,1H3,(H,21,24). The van der Waals surface area contributed by atoms with E-state index in [1.165, 1.54) is 5.69 Å². The van der Waals surface area contributed by atoms with Gasteiger partial charge in [-0.15, -0.1) is 0 Å². The first-order valence-corrected chi connectivity index (χ1v) is 8.83. The van der Waals surface area contributed by atoms with Crippen LogP contribution in [-0.4, -0.2) is 55.1 Å². The molecule has 128 valence electrons. The summed E-state index contributed by atoms with van der Waals surface area (Å²) in [4.78, 5) is 20.8. The molecule has 6 heteroatoms. The average molecular weight is 347 g/mol. The van der Waals surface area contributed by atoms with Gasteiger partial charge >= 0.3 is 0 Å². The highest BCUT2D eigenvalue weighted by atomic mass is 35.5. The summed E-state index contributed by atoms with van der Waals surface area (Å²) in [7, 11) is 0. The molecule has 0 atom stereocenters. The Bertz CT molecular complexity index is 713. The summed E-state index contributed by atoms with van der Waals surface area (Å²) < 4.78 is 0. The highest BCUT2D eigenvalue weighted by molar-refractivity contribution is 6.31. The van der Waals surface area contributed by atoms with E-state index in [4.69, 9.17) is 11.6 Å². The molecule has 3 rings (SSSR count). The summed E-state index contributed by atoms with van der Waals surface area (Å²) in [5, 5.41) is 4.76. The van der Waals surface area contributed by atoms with E-state index in [2.05, 4.69) is 33.1 Å². The Hall–Kier alpha value is -1.85. The second-order valence-corrected chi connectivity index (χ2v) is 6.54. The summed E-state index contributed by atoms with van der Waals surface area (Å²) in [6.45, 7) is 6.88. The van der Waals surface area contributed by atoms with Gasteiger partial charge in [0.15, 0.2) is 0 Å². The molecular weight excluding hydrogens is 324 g/mol. The monoisotopic (exact) mass is 346 g/mol. The van der Waals surface area contributed by atoms with Crippen LogP contribution in [0.25, 0.3) is 10.9 Å². The van der Waals surface area contributed by atoms with Crippen molar-refractivity contribution in [3.05, 3.63) is 35.5 Å². The van der Waals surface area contributed by atoms with Crippen molar-refractivity contribution < 1.29 is 4.79 Å². The van der Waals surface area contributed by atoms with Gasteiger partial charge in [0.2, 0.25) is 5.91 Å². The van der Waals surface area contributed by atoms with Crippen LogP contribution in [0.1, 0.15) is 13.3 Å². The number of benzene rings is 1. The van der Waals surface area contributed by atoms with Crippen LogP contribution >= 0.6 is 11.6 Å². The van der Waals surface area contributed by atoms with Gasteiger partial charge in [0.05, 0.1) is 12.1 Å². The zero-order valence-electron chi connectivity index (χ0n) is 14.0. The molecule has 0 radical (unpaired) electrons. The van der Waals surface area contributed by atoms with E-state index in [0.717, 1.165) is 50.0 Å². The maximum absolute atomic E-state index is 11.8. The minimum Gasteiger partial charge on any atom is -0.368 e. The third-order valence-corrected chi connectivity index (χ3v) is 4.57. The summed E-state index contributed by atoms with van der Waals surface area (Å²) in [6.07, 6.45) is 2.80. The third kappa shape index (κ3) is 3.97. The van der Waals surface area contributed by atoms with E-state index in [-0.39, 0.29) is 5.91 Å². The molecule has 0 aliphatic carbocycles. The number of amides is 1. The van der Waals surface area contributed by atoms with E-state index >= 15 is 0 Å². The summed E-state index contributed by atoms with van der Waals surface area (Å²) in [5.74, 6) is 0.120. The highest BCUT2D eigenvalue weighted by Crippen LogP contribution is 2.28. The summed E-state index contributed by atoms with van der Waals surface area (Å²) >= 11 is 6.06. The first kappa shape index (κ1) is 17.0. The largest absolute Gasteiger partial charge is 0.368 e. The molecule has 24 heavy (non-hydrogen) atoms. The molecule has 5 nitrogen and oxygen atoms in total. The molecule has 1 amide bonds. The lowest BCUT2D eigenvalue weighted by atomic mass is 10.1.